The maximum atomic E-state index is 12.4. The van der Waals surface area contributed by atoms with E-state index in [0.29, 0.717) is 19.2 Å². The van der Waals surface area contributed by atoms with Crippen molar-refractivity contribution < 1.29 is 19.1 Å². The molecule has 1 aliphatic rings. The molecule has 1 amide bonds. The van der Waals surface area contributed by atoms with Crippen LogP contribution in [0.25, 0.3) is 0 Å². The van der Waals surface area contributed by atoms with Gasteiger partial charge in [-0.15, -0.1) is 0 Å². The van der Waals surface area contributed by atoms with Crippen LogP contribution in [0, 0.1) is 5.92 Å². The van der Waals surface area contributed by atoms with Gasteiger partial charge in [-0.05, 0) is 26.3 Å². The molecule has 110 valence electrons. The molecule has 0 aromatic heterocycles. The largest absolute Gasteiger partial charge is 0.468 e. The molecule has 0 radical (unpaired) electrons. The number of nitrogens with zero attached hydrogens (tertiary/aromatic N) is 1. The van der Waals surface area contributed by atoms with Gasteiger partial charge in [0.2, 0.25) is 5.91 Å². The number of rotatable bonds is 6. The number of nitrogens with one attached hydrogen (secondary N) is 1. The summed E-state index contributed by atoms with van der Waals surface area (Å²) >= 11 is 0. The fourth-order valence-corrected chi connectivity index (χ4v) is 2.30. The Labute approximate surface area is 114 Å². The van der Waals surface area contributed by atoms with E-state index >= 15 is 0 Å². The van der Waals surface area contributed by atoms with Crippen molar-refractivity contribution in [3.63, 3.8) is 0 Å². The lowest BCUT2D eigenvalue weighted by Crippen LogP contribution is -2.46. The monoisotopic (exact) mass is 272 g/mol. The Hall–Kier alpha value is -1.14. The summed E-state index contributed by atoms with van der Waals surface area (Å²) in [6.07, 6.45) is 1.62. The van der Waals surface area contributed by atoms with Crippen molar-refractivity contribution in [3.8, 4) is 0 Å². The zero-order valence-electron chi connectivity index (χ0n) is 12.0. The molecule has 1 heterocycles. The summed E-state index contributed by atoms with van der Waals surface area (Å²) in [6.45, 7) is 3.75. The second kappa shape index (κ2) is 8.12. The van der Waals surface area contributed by atoms with Crippen molar-refractivity contribution >= 4 is 11.9 Å². The van der Waals surface area contributed by atoms with Gasteiger partial charge in [0, 0.05) is 25.6 Å². The summed E-state index contributed by atoms with van der Waals surface area (Å²) in [6, 6.07) is 0.338. The number of ether oxygens (including phenoxy) is 2. The number of carbonyl (C=O) groups excluding carboxylic acids is 2. The van der Waals surface area contributed by atoms with Crippen LogP contribution in [0.5, 0.6) is 0 Å². The van der Waals surface area contributed by atoms with Gasteiger partial charge in [-0.3, -0.25) is 9.59 Å². The van der Waals surface area contributed by atoms with Gasteiger partial charge in [0.1, 0.15) is 6.54 Å². The molecule has 0 unspecified atom stereocenters. The number of amides is 1. The van der Waals surface area contributed by atoms with Crippen molar-refractivity contribution in [2.75, 3.05) is 40.5 Å². The molecule has 0 aromatic carbocycles. The molecule has 19 heavy (non-hydrogen) atoms. The molecule has 1 rings (SSSR count). The van der Waals surface area contributed by atoms with Gasteiger partial charge in [-0.1, -0.05) is 0 Å². The van der Waals surface area contributed by atoms with Crippen molar-refractivity contribution in [1.29, 1.82) is 0 Å². The lowest BCUT2D eigenvalue weighted by atomic mass is 9.92. The Morgan fingerprint density at radius 2 is 2.11 bits per heavy atom. The van der Waals surface area contributed by atoms with E-state index in [1.807, 2.05) is 0 Å². The number of hydrogen-bond acceptors (Lipinski definition) is 5. The highest BCUT2D eigenvalue weighted by molar-refractivity contribution is 5.83. The zero-order valence-corrected chi connectivity index (χ0v) is 12.0. The second-order valence-corrected chi connectivity index (χ2v) is 4.91. The molecule has 1 aliphatic heterocycles. The quantitative estimate of drug-likeness (QED) is 0.691. The normalized spacial score (nSPS) is 22.9. The minimum absolute atomic E-state index is 0.00297. The van der Waals surface area contributed by atoms with Crippen LogP contribution in [0.15, 0.2) is 0 Å². The summed E-state index contributed by atoms with van der Waals surface area (Å²) < 4.78 is 9.62. The highest BCUT2D eigenvalue weighted by Gasteiger charge is 2.29. The Morgan fingerprint density at radius 3 is 2.68 bits per heavy atom. The second-order valence-electron chi connectivity index (χ2n) is 4.91. The third-order valence-corrected chi connectivity index (χ3v) is 3.40. The van der Waals surface area contributed by atoms with Gasteiger partial charge in [0.05, 0.1) is 13.7 Å². The molecule has 6 nitrogen and oxygen atoms in total. The van der Waals surface area contributed by atoms with Crippen LogP contribution in [0.2, 0.25) is 0 Å². The van der Waals surface area contributed by atoms with Crippen molar-refractivity contribution in [2.45, 2.75) is 25.8 Å². The van der Waals surface area contributed by atoms with E-state index in [2.05, 4.69) is 17.0 Å². The molecule has 1 saturated heterocycles. The maximum absolute atomic E-state index is 12.4. The molecule has 0 aromatic rings. The molecule has 0 saturated carbocycles. The Bertz CT molecular complexity index is 309. The van der Waals surface area contributed by atoms with Crippen LogP contribution in [-0.2, 0) is 19.1 Å². The molecular weight excluding hydrogens is 248 g/mol. The Morgan fingerprint density at radius 1 is 1.37 bits per heavy atom. The van der Waals surface area contributed by atoms with Crippen LogP contribution in [0.4, 0.5) is 0 Å². The minimum atomic E-state index is -0.397. The number of hydrogen-bond donors (Lipinski definition) is 1. The zero-order chi connectivity index (χ0) is 14.3. The highest BCUT2D eigenvalue weighted by atomic mass is 16.5. The van der Waals surface area contributed by atoms with Crippen LogP contribution < -0.4 is 5.32 Å². The topological polar surface area (TPSA) is 67.9 Å². The molecule has 0 aliphatic carbocycles. The van der Waals surface area contributed by atoms with E-state index in [1.165, 1.54) is 12.0 Å². The Balaban J connectivity index is 2.60. The summed E-state index contributed by atoms with van der Waals surface area (Å²) in [5.74, 6) is -0.389. The van der Waals surface area contributed by atoms with E-state index in [0.717, 1.165) is 19.4 Å². The molecule has 1 N–H and O–H groups in total. The van der Waals surface area contributed by atoms with Gasteiger partial charge < -0.3 is 19.7 Å². The number of esters is 1. The van der Waals surface area contributed by atoms with E-state index in [4.69, 9.17) is 4.74 Å². The van der Waals surface area contributed by atoms with Gasteiger partial charge in [0.25, 0.3) is 0 Å². The molecule has 0 bridgehead atoms. The molecule has 6 heteroatoms. The van der Waals surface area contributed by atoms with Crippen LogP contribution in [0.1, 0.15) is 19.8 Å². The fourth-order valence-electron chi connectivity index (χ4n) is 2.30. The third kappa shape index (κ3) is 5.16. The molecular formula is C13H24N2O4. The highest BCUT2D eigenvalue weighted by Crippen LogP contribution is 2.18. The third-order valence-electron chi connectivity index (χ3n) is 3.40. The fraction of sp³-hybridized carbons (Fsp3) is 0.846. The first kappa shape index (κ1) is 15.9. The number of methoxy groups -OCH3 is 2. The lowest BCUT2D eigenvalue weighted by molar-refractivity contribution is -0.149. The first-order valence-electron chi connectivity index (χ1n) is 6.66. The van der Waals surface area contributed by atoms with E-state index in [-0.39, 0.29) is 18.4 Å². The predicted molar refractivity (Wildman–Crippen MR) is 70.7 cm³/mol. The van der Waals surface area contributed by atoms with Crippen LogP contribution in [-0.4, -0.2) is 63.3 Å². The van der Waals surface area contributed by atoms with Gasteiger partial charge in [-0.25, -0.2) is 0 Å². The van der Waals surface area contributed by atoms with E-state index < -0.39 is 5.97 Å². The van der Waals surface area contributed by atoms with Crippen LogP contribution in [0.3, 0.4) is 0 Å². The lowest BCUT2D eigenvalue weighted by Gasteiger charge is -2.31. The predicted octanol–water partition coefficient (Wildman–Crippen LogP) is 0.0225. The van der Waals surface area contributed by atoms with Crippen molar-refractivity contribution in [2.24, 2.45) is 5.92 Å². The van der Waals surface area contributed by atoms with Crippen molar-refractivity contribution in [1.82, 2.24) is 10.2 Å². The van der Waals surface area contributed by atoms with E-state index in [1.54, 1.807) is 7.11 Å². The average molecular weight is 272 g/mol. The van der Waals surface area contributed by atoms with Crippen molar-refractivity contribution in [3.05, 3.63) is 0 Å². The molecule has 0 spiro atoms. The number of piperidine rings is 1. The summed E-state index contributed by atoms with van der Waals surface area (Å²) in [5.41, 5.74) is 0. The summed E-state index contributed by atoms with van der Waals surface area (Å²) in [5, 5.41) is 3.31. The standard InChI is InChI=1S/C13H24N2O4/c1-10-8-11(4-5-14-10)13(17)15(6-7-18-2)9-12(16)19-3/h10-11,14H,4-9H2,1-3H3/t10-,11-/m0/s1. The SMILES string of the molecule is COCCN(CC(=O)OC)C(=O)[C@H]1CCN[C@@H](C)C1. The van der Waals surface area contributed by atoms with Gasteiger partial charge in [0.15, 0.2) is 0 Å². The molecule has 2 atom stereocenters. The Kier molecular flexibility index (Phi) is 6.80. The first-order chi connectivity index (χ1) is 9.08. The number of carbonyl (C=O) groups is 2. The van der Waals surface area contributed by atoms with Gasteiger partial charge >= 0.3 is 5.97 Å². The van der Waals surface area contributed by atoms with Crippen LogP contribution >= 0.6 is 0 Å². The summed E-state index contributed by atoms with van der Waals surface area (Å²) in [4.78, 5) is 25.3. The first-order valence-corrected chi connectivity index (χ1v) is 6.66. The average Bonchev–Trinajstić information content (AvgIpc) is 2.42. The van der Waals surface area contributed by atoms with Gasteiger partial charge in [-0.2, -0.15) is 0 Å². The maximum Gasteiger partial charge on any atom is 0.325 e. The van der Waals surface area contributed by atoms with E-state index in [9.17, 15) is 9.59 Å². The molecule has 1 fully saturated rings. The smallest absolute Gasteiger partial charge is 0.325 e. The summed E-state index contributed by atoms with van der Waals surface area (Å²) in [7, 11) is 2.90. The minimum Gasteiger partial charge on any atom is -0.468 e.